The second kappa shape index (κ2) is 11.2. The van der Waals surface area contributed by atoms with E-state index in [1.54, 1.807) is 56.3 Å². The number of aliphatic hydroxyl groups excluding tert-OH is 1. The van der Waals surface area contributed by atoms with Crippen molar-refractivity contribution in [3.8, 4) is 17.2 Å². The van der Waals surface area contributed by atoms with E-state index in [-0.39, 0.29) is 30.3 Å². The van der Waals surface area contributed by atoms with Gasteiger partial charge in [-0.1, -0.05) is 50.2 Å². The Kier molecular flexibility index (Phi) is 8.31. The molecule has 2 unspecified atom stereocenters. The van der Waals surface area contributed by atoms with Gasteiger partial charge in [-0.25, -0.2) is 4.39 Å². The number of aryl methyl sites for hydroxylation is 1. The van der Waals surface area contributed by atoms with Gasteiger partial charge < -0.3 is 23.9 Å². The highest BCUT2D eigenvalue weighted by Crippen LogP contribution is 2.50. The first-order valence-electron chi connectivity index (χ1n) is 12.9. The Labute approximate surface area is 235 Å². The minimum absolute atomic E-state index is 0.0432. The first-order chi connectivity index (χ1) is 18.7. The van der Waals surface area contributed by atoms with Crippen LogP contribution in [-0.2, 0) is 15.9 Å². The van der Waals surface area contributed by atoms with Crippen molar-refractivity contribution < 1.29 is 36.7 Å². The molecule has 0 radical (unpaired) electrons. The van der Waals surface area contributed by atoms with Crippen LogP contribution in [0.25, 0.3) is 5.57 Å². The SMILES string of the molecule is COc1cc(OS(=O)(=O)Cc2ccccc2)ccc1C1=C(COc2cc(F)ccc2C)C(C)(O)CC(C)(C)C1O. The molecule has 0 bridgehead atoms. The zero-order valence-electron chi connectivity index (χ0n) is 23.3. The van der Waals surface area contributed by atoms with Crippen LogP contribution in [0, 0.1) is 18.2 Å². The third-order valence-corrected chi connectivity index (χ3v) is 8.32. The topological polar surface area (TPSA) is 102 Å². The highest BCUT2D eigenvalue weighted by molar-refractivity contribution is 7.86. The van der Waals surface area contributed by atoms with E-state index in [2.05, 4.69) is 0 Å². The summed E-state index contributed by atoms with van der Waals surface area (Å²) in [7, 11) is -2.54. The molecule has 3 aromatic rings. The van der Waals surface area contributed by atoms with Crippen LogP contribution in [0.1, 0.15) is 43.9 Å². The van der Waals surface area contributed by atoms with E-state index < -0.39 is 33.1 Å². The molecule has 0 saturated carbocycles. The lowest BCUT2D eigenvalue weighted by Gasteiger charge is -2.46. The molecule has 7 nitrogen and oxygen atoms in total. The Morgan fingerprint density at radius 3 is 2.38 bits per heavy atom. The molecule has 0 fully saturated rings. The quantitative estimate of drug-likeness (QED) is 0.331. The van der Waals surface area contributed by atoms with Gasteiger partial charge in [-0.2, -0.15) is 8.42 Å². The molecule has 0 heterocycles. The zero-order chi connectivity index (χ0) is 29.3. The summed E-state index contributed by atoms with van der Waals surface area (Å²) in [5.74, 6) is -0.150. The van der Waals surface area contributed by atoms with Crippen LogP contribution in [0.2, 0.25) is 0 Å². The first kappa shape index (κ1) is 29.6. The van der Waals surface area contributed by atoms with E-state index in [4.69, 9.17) is 13.7 Å². The van der Waals surface area contributed by atoms with Crippen molar-refractivity contribution in [2.24, 2.45) is 5.41 Å². The third kappa shape index (κ3) is 6.49. The largest absolute Gasteiger partial charge is 0.496 e. The zero-order valence-corrected chi connectivity index (χ0v) is 24.1. The highest BCUT2D eigenvalue weighted by atomic mass is 32.2. The van der Waals surface area contributed by atoms with Crippen LogP contribution in [0.15, 0.2) is 72.3 Å². The molecule has 9 heteroatoms. The molecule has 0 amide bonds. The van der Waals surface area contributed by atoms with E-state index in [0.29, 0.717) is 28.0 Å². The summed E-state index contributed by atoms with van der Waals surface area (Å²) < 4.78 is 56.3. The molecule has 1 aliphatic rings. The number of hydrogen-bond donors (Lipinski definition) is 2. The van der Waals surface area contributed by atoms with Crippen molar-refractivity contribution in [1.82, 2.24) is 0 Å². The molecule has 40 heavy (non-hydrogen) atoms. The lowest BCUT2D eigenvalue weighted by Crippen LogP contribution is -2.47. The Morgan fingerprint density at radius 2 is 1.70 bits per heavy atom. The number of ether oxygens (including phenoxy) is 2. The number of halogens is 1. The summed E-state index contributed by atoms with van der Waals surface area (Å²) in [5, 5.41) is 23.1. The van der Waals surface area contributed by atoms with Gasteiger partial charge in [0.05, 0.1) is 18.8 Å². The van der Waals surface area contributed by atoms with E-state index in [1.165, 1.54) is 31.4 Å². The van der Waals surface area contributed by atoms with Crippen LogP contribution in [0.3, 0.4) is 0 Å². The number of hydrogen-bond acceptors (Lipinski definition) is 7. The van der Waals surface area contributed by atoms with Crippen LogP contribution in [0.5, 0.6) is 17.2 Å². The molecule has 3 aromatic carbocycles. The number of aliphatic hydroxyl groups is 2. The van der Waals surface area contributed by atoms with E-state index >= 15 is 0 Å². The van der Waals surface area contributed by atoms with E-state index in [0.717, 1.165) is 5.56 Å². The monoisotopic (exact) mass is 570 g/mol. The average Bonchev–Trinajstić information content (AvgIpc) is 2.87. The van der Waals surface area contributed by atoms with Crippen LogP contribution in [0.4, 0.5) is 4.39 Å². The summed E-state index contributed by atoms with van der Waals surface area (Å²) in [4.78, 5) is 0. The fourth-order valence-electron chi connectivity index (χ4n) is 5.26. The smallest absolute Gasteiger partial charge is 0.313 e. The van der Waals surface area contributed by atoms with Crippen LogP contribution in [-0.4, -0.2) is 44.1 Å². The van der Waals surface area contributed by atoms with Gasteiger partial charge in [0.2, 0.25) is 0 Å². The first-order valence-corrected chi connectivity index (χ1v) is 14.5. The maximum absolute atomic E-state index is 13.9. The van der Waals surface area contributed by atoms with Gasteiger partial charge in [-0.3, -0.25) is 0 Å². The predicted octanol–water partition coefficient (Wildman–Crippen LogP) is 5.43. The Hall–Kier alpha value is -3.40. The number of methoxy groups -OCH3 is 1. The summed E-state index contributed by atoms with van der Waals surface area (Å²) >= 11 is 0. The number of benzene rings is 3. The van der Waals surface area contributed by atoms with Crippen molar-refractivity contribution in [2.75, 3.05) is 13.7 Å². The second-order valence-electron chi connectivity index (χ2n) is 11.1. The van der Waals surface area contributed by atoms with Crippen molar-refractivity contribution in [2.45, 2.75) is 51.6 Å². The minimum atomic E-state index is -3.96. The molecule has 2 N–H and O–H groups in total. The number of rotatable bonds is 9. The van der Waals surface area contributed by atoms with Gasteiger partial charge in [0, 0.05) is 23.3 Å². The molecule has 0 aromatic heterocycles. The van der Waals surface area contributed by atoms with Gasteiger partial charge >= 0.3 is 10.1 Å². The normalized spacial score (nSPS) is 20.8. The van der Waals surface area contributed by atoms with Crippen molar-refractivity contribution in [1.29, 1.82) is 0 Å². The average molecular weight is 571 g/mol. The molecule has 214 valence electrons. The van der Waals surface area contributed by atoms with Gasteiger partial charge in [-0.15, -0.1) is 0 Å². The fourth-order valence-corrected chi connectivity index (χ4v) is 6.32. The molecule has 2 atom stereocenters. The lowest BCUT2D eigenvalue weighted by atomic mass is 9.64. The van der Waals surface area contributed by atoms with Crippen molar-refractivity contribution in [3.05, 3.63) is 94.8 Å². The van der Waals surface area contributed by atoms with Crippen molar-refractivity contribution >= 4 is 15.7 Å². The Bertz CT molecular complexity index is 1510. The van der Waals surface area contributed by atoms with Crippen LogP contribution >= 0.6 is 0 Å². The Balaban J connectivity index is 1.74. The van der Waals surface area contributed by atoms with Crippen molar-refractivity contribution in [3.63, 3.8) is 0 Å². The molecule has 0 aliphatic heterocycles. The molecule has 0 saturated heterocycles. The maximum Gasteiger partial charge on any atom is 0.313 e. The summed E-state index contributed by atoms with van der Waals surface area (Å²) in [6, 6.07) is 17.4. The van der Waals surface area contributed by atoms with Gasteiger partial charge in [0.15, 0.2) is 0 Å². The molecule has 4 rings (SSSR count). The van der Waals surface area contributed by atoms with Gasteiger partial charge in [0.1, 0.15) is 35.4 Å². The maximum atomic E-state index is 13.9. The summed E-state index contributed by atoms with van der Waals surface area (Å²) in [6.07, 6.45) is -0.783. The van der Waals surface area contributed by atoms with Gasteiger partial charge in [0.25, 0.3) is 0 Å². The summed E-state index contributed by atoms with van der Waals surface area (Å²) in [6.45, 7) is 7.01. The Morgan fingerprint density at radius 1 is 1.00 bits per heavy atom. The van der Waals surface area contributed by atoms with E-state index in [1.807, 2.05) is 13.8 Å². The third-order valence-electron chi connectivity index (χ3n) is 7.18. The fraction of sp³-hybridized carbons (Fsp3) is 0.355. The predicted molar refractivity (Wildman–Crippen MR) is 151 cm³/mol. The molecular weight excluding hydrogens is 535 g/mol. The molecule has 1 aliphatic carbocycles. The van der Waals surface area contributed by atoms with E-state index in [9.17, 15) is 23.0 Å². The van der Waals surface area contributed by atoms with Gasteiger partial charge in [-0.05, 0) is 60.6 Å². The highest BCUT2D eigenvalue weighted by Gasteiger charge is 2.47. The summed E-state index contributed by atoms with van der Waals surface area (Å²) in [5.41, 5.74) is 0.456. The standard InChI is InChI=1S/C31H35FO7S/c1-20-11-12-22(32)15-26(20)38-17-25-28(29(33)30(2,3)19-31(25,4)34)24-14-13-23(16-27(24)37-5)39-40(35,36)18-21-9-7-6-8-10-21/h6-16,29,33-34H,17-19H2,1-5H3. The van der Waals surface area contributed by atoms with Crippen LogP contribution < -0.4 is 13.7 Å². The lowest BCUT2D eigenvalue weighted by molar-refractivity contribution is -0.0159. The second-order valence-corrected chi connectivity index (χ2v) is 12.6. The molecule has 0 spiro atoms. The molecular formula is C31H35FO7S. The minimum Gasteiger partial charge on any atom is -0.496 e.